The average molecular weight is 550 g/mol. The molecule has 0 aliphatic carbocycles. The summed E-state index contributed by atoms with van der Waals surface area (Å²) in [5.41, 5.74) is 5.16. The summed E-state index contributed by atoms with van der Waals surface area (Å²) in [4.78, 5) is 29.1. The quantitative estimate of drug-likeness (QED) is 0.359. The lowest BCUT2D eigenvalue weighted by molar-refractivity contribution is -0.140. The lowest BCUT2D eigenvalue weighted by Crippen LogP contribution is -2.53. The van der Waals surface area contributed by atoms with Gasteiger partial charge in [-0.05, 0) is 61.6 Å². The van der Waals surface area contributed by atoms with Crippen LogP contribution < -0.4 is 9.62 Å². The molecular formula is C31H39N3O4S. The Kier molecular flexibility index (Phi) is 10.3. The van der Waals surface area contributed by atoms with Gasteiger partial charge in [0.15, 0.2) is 0 Å². The van der Waals surface area contributed by atoms with Gasteiger partial charge in [0, 0.05) is 19.5 Å². The second-order valence-electron chi connectivity index (χ2n) is 10.0. The van der Waals surface area contributed by atoms with E-state index in [4.69, 9.17) is 0 Å². The maximum atomic E-state index is 14.1. The molecule has 3 rings (SSSR count). The Labute approximate surface area is 232 Å². The summed E-state index contributed by atoms with van der Waals surface area (Å²) >= 11 is 0. The number of nitrogens with zero attached hydrogens (tertiary/aromatic N) is 2. The van der Waals surface area contributed by atoms with Gasteiger partial charge in [-0.3, -0.25) is 13.9 Å². The van der Waals surface area contributed by atoms with E-state index in [2.05, 4.69) is 5.32 Å². The van der Waals surface area contributed by atoms with Crippen molar-refractivity contribution in [2.75, 3.05) is 23.7 Å². The minimum Gasteiger partial charge on any atom is -0.354 e. The van der Waals surface area contributed by atoms with Crippen LogP contribution in [0.5, 0.6) is 0 Å². The lowest BCUT2D eigenvalue weighted by atomic mass is 10.0. The van der Waals surface area contributed by atoms with E-state index in [0.717, 1.165) is 44.8 Å². The second kappa shape index (κ2) is 13.4. The topological polar surface area (TPSA) is 86.8 Å². The van der Waals surface area contributed by atoms with Crippen LogP contribution >= 0.6 is 0 Å². The van der Waals surface area contributed by atoms with Crippen LogP contribution in [0.15, 0.2) is 72.8 Å². The number of carbonyl (C=O) groups is 2. The highest BCUT2D eigenvalue weighted by molar-refractivity contribution is 7.92. The van der Waals surface area contributed by atoms with Gasteiger partial charge in [0.25, 0.3) is 0 Å². The molecule has 0 unspecified atom stereocenters. The van der Waals surface area contributed by atoms with Crippen molar-refractivity contribution in [3.8, 4) is 0 Å². The third-order valence-electron chi connectivity index (χ3n) is 6.71. The molecule has 0 aliphatic heterocycles. The predicted octanol–water partition coefficient (Wildman–Crippen LogP) is 4.54. The molecule has 0 fully saturated rings. The molecule has 3 aromatic carbocycles. The van der Waals surface area contributed by atoms with Gasteiger partial charge in [0.05, 0.1) is 11.9 Å². The molecule has 2 amide bonds. The number of amides is 2. The lowest BCUT2D eigenvalue weighted by Gasteiger charge is -2.33. The number of anilines is 1. The third-order valence-corrected chi connectivity index (χ3v) is 7.85. The Morgan fingerprint density at radius 3 is 2.18 bits per heavy atom. The highest BCUT2D eigenvalue weighted by Gasteiger charge is 2.33. The fourth-order valence-corrected chi connectivity index (χ4v) is 5.26. The van der Waals surface area contributed by atoms with E-state index in [-0.39, 0.29) is 12.5 Å². The van der Waals surface area contributed by atoms with Gasteiger partial charge in [-0.15, -0.1) is 0 Å². The first kappa shape index (κ1) is 29.9. The Morgan fingerprint density at radius 1 is 0.872 bits per heavy atom. The fourth-order valence-electron chi connectivity index (χ4n) is 4.42. The molecule has 3 aromatic rings. The Balaban J connectivity index is 2.05. The molecule has 0 aliphatic rings. The molecule has 7 nitrogen and oxygen atoms in total. The van der Waals surface area contributed by atoms with Crippen LogP contribution in [-0.2, 0) is 32.6 Å². The average Bonchev–Trinajstić information content (AvgIpc) is 2.89. The highest BCUT2D eigenvalue weighted by Crippen LogP contribution is 2.23. The molecule has 1 N–H and O–H groups in total. The SMILES string of the molecule is CCCNC(=O)[C@@H](Cc1ccccc1)N(Cc1cccc(C)c1)C(=O)CN(c1ccc(C)c(C)c1)S(C)(=O)=O. The van der Waals surface area contributed by atoms with Crippen LogP contribution in [0.4, 0.5) is 5.69 Å². The first-order chi connectivity index (χ1) is 18.5. The van der Waals surface area contributed by atoms with Crippen LogP contribution in [0.1, 0.15) is 41.2 Å². The zero-order valence-corrected chi connectivity index (χ0v) is 24.3. The molecule has 0 aromatic heterocycles. The molecule has 8 heteroatoms. The van der Waals surface area contributed by atoms with E-state index in [9.17, 15) is 18.0 Å². The van der Waals surface area contributed by atoms with Crippen molar-refractivity contribution >= 4 is 27.5 Å². The number of carbonyl (C=O) groups excluding carboxylic acids is 2. The minimum atomic E-state index is -3.79. The van der Waals surface area contributed by atoms with Crippen molar-refractivity contribution < 1.29 is 18.0 Å². The van der Waals surface area contributed by atoms with Crippen molar-refractivity contribution in [3.63, 3.8) is 0 Å². The normalized spacial score (nSPS) is 12.0. The molecule has 0 spiro atoms. The number of rotatable bonds is 12. The van der Waals surface area contributed by atoms with Crippen LogP contribution in [0.25, 0.3) is 0 Å². The van der Waals surface area contributed by atoms with E-state index in [0.29, 0.717) is 18.7 Å². The van der Waals surface area contributed by atoms with Crippen molar-refractivity contribution in [3.05, 3.63) is 101 Å². The van der Waals surface area contributed by atoms with Crippen LogP contribution in [0, 0.1) is 20.8 Å². The summed E-state index contributed by atoms with van der Waals surface area (Å²) in [5.74, 6) is -0.716. The van der Waals surface area contributed by atoms with Gasteiger partial charge in [0.2, 0.25) is 21.8 Å². The summed E-state index contributed by atoms with van der Waals surface area (Å²) in [6, 6.07) is 21.8. The summed E-state index contributed by atoms with van der Waals surface area (Å²) in [7, 11) is -3.79. The van der Waals surface area contributed by atoms with Crippen molar-refractivity contribution in [2.24, 2.45) is 0 Å². The molecular weight excluding hydrogens is 510 g/mol. The molecule has 0 saturated heterocycles. The number of nitrogens with one attached hydrogen (secondary N) is 1. The van der Waals surface area contributed by atoms with Crippen molar-refractivity contribution in [1.82, 2.24) is 10.2 Å². The first-order valence-electron chi connectivity index (χ1n) is 13.2. The summed E-state index contributed by atoms with van der Waals surface area (Å²) in [5, 5.41) is 2.95. The van der Waals surface area contributed by atoms with Crippen LogP contribution in [0.2, 0.25) is 0 Å². The standard InChI is InChI=1S/C31H39N3O4S/c1-6-17-32-31(36)29(20-26-12-8-7-9-13-26)33(21-27-14-10-11-23(2)18-27)30(35)22-34(39(5,37)38)28-16-15-24(3)25(4)19-28/h7-16,18-19,29H,6,17,20-22H2,1-5H3,(H,32,36)/t29-/m1/s1. The van der Waals surface area contributed by atoms with Gasteiger partial charge in [-0.25, -0.2) is 8.42 Å². The van der Waals surface area contributed by atoms with Gasteiger partial charge in [-0.1, -0.05) is 73.2 Å². The van der Waals surface area contributed by atoms with Crippen LogP contribution in [0.3, 0.4) is 0 Å². The number of aryl methyl sites for hydroxylation is 3. The Hall–Kier alpha value is -3.65. The summed E-state index contributed by atoms with van der Waals surface area (Å²) in [6.07, 6.45) is 2.15. The van der Waals surface area contributed by atoms with Crippen molar-refractivity contribution in [2.45, 2.75) is 53.1 Å². The summed E-state index contributed by atoms with van der Waals surface area (Å²) < 4.78 is 26.9. The molecule has 0 radical (unpaired) electrons. The highest BCUT2D eigenvalue weighted by atomic mass is 32.2. The predicted molar refractivity (Wildman–Crippen MR) is 157 cm³/mol. The largest absolute Gasteiger partial charge is 0.354 e. The smallest absolute Gasteiger partial charge is 0.244 e. The Bertz CT molecular complexity index is 1390. The van der Waals surface area contributed by atoms with E-state index >= 15 is 0 Å². The molecule has 0 bridgehead atoms. The van der Waals surface area contributed by atoms with Gasteiger partial charge < -0.3 is 10.2 Å². The number of hydrogen-bond donors (Lipinski definition) is 1. The van der Waals surface area contributed by atoms with E-state index < -0.39 is 28.5 Å². The van der Waals surface area contributed by atoms with Gasteiger partial charge >= 0.3 is 0 Å². The molecule has 1 atom stereocenters. The van der Waals surface area contributed by atoms with Gasteiger partial charge in [-0.2, -0.15) is 0 Å². The first-order valence-corrected chi connectivity index (χ1v) is 15.1. The van der Waals surface area contributed by atoms with Crippen LogP contribution in [-0.4, -0.2) is 50.5 Å². The minimum absolute atomic E-state index is 0.169. The zero-order chi connectivity index (χ0) is 28.6. The number of sulfonamides is 1. The second-order valence-corrected chi connectivity index (χ2v) is 12.0. The maximum absolute atomic E-state index is 14.1. The van der Waals surface area contributed by atoms with Crippen molar-refractivity contribution in [1.29, 1.82) is 0 Å². The van der Waals surface area contributed by atoms with E-state index in [1.54, 1.807) is 12.1 Å². The van der Waals surface area contributed by atoms with E-state index in [1.807, 2.05) is 88.4 Å². The molecule has 0 heterocycles. The fraction of sp³-hybridized carbons (Fsp3) is 0.355. The number of hydrogen-bond acceptors (Lipinski definition) is 4. The number of benzene rings is 3. The Morgan fingerprint density at radius 2 is 1.56 bits per heavy atom. The molecule has 208 valence electrons. The third kappa shape index (κ3) is 8.42. The zero-order valence-electron chi connectivity index (χ0n) is 23.5. The molecule has 0 saturated carbocycles. The summed E-state index contributed by atoms with van der Waals surface area (Å²) in [6.45, 7) is 8.02. The maximum Gasteiger partial charge on any atom is 0.244 e. The molecule has 39 heavy (non-hydrogen) atoms. The van der Waals surface area contributed by atoms with Gasteiger partial charge in [0.1, 0.15) is 12.6 Å². The van der Waals surface area contributed by atoms with E-state index in [1.165, 1.54) is 4.90 Å². The monoisotopic (exact) mass is 549 g/mol.